The van der Waals surface area contributed by atoms with Crippen molar-refractivity contribution in [3.63, 3.8) is 0 Å². The molecule has 1 N–H and O–H groups in total. The molecule has 0 bridgehead atoms. The third-order valence-electron chi connectivity index (χ3n) is 6.13. The highest BCUT2D eigenvalue weighted by molar-refractivity contribution is 7.90. The first-order valence-corrected chi connectivity index (χ1v) is 14.0. The Labute approximate surface area is 220 Å². The van der Waals surface area contributed by atoms with Gasteiger partial charge in [-0.15, -0.1) is 0 Å². The zero-order chi connectivity index (χ0) is 27.9. The SMILES string of the molecule is CC(CN(CCCOc1cc(F)c(CO)c(S(C)(=O)=O)c1)Cc1cccc(C(F)(F)F)c1)c1ccccc1. The third kappa shape index (κ3) is 8.28. The Kier molecular flexibility index (Phi) is 9.92. The van der Waals surface area contributed by atoms with Gasteiger partial charge < -0.3 is 9.84 Å². The van der Waals surface area contributed by atoms with Gasteiger partial charge in [-0.1, -0.05) is 55.5 Å². The van der Waals surface area contributed by atoms with Crippen molar-refractivity contribution in [2.75, 3.05) is 26.0 Å². The van der Waals surface area contributed by atoms with Crippen LogP contribution in [0.15, 0.2) is 71.6 Å². The van der Waals surface area contributed by atoms with E-state index < -0.39 is 34.0 Å². The second-order valence-corrected chi connectivity index (χ2v) is 11.2. The summed E-state index contributed by atoms with van der Waals surface area (Å²) in [7, 11) is -3.79. The van der Waals surface area contributed by atoms with Crippen molar-refractivity contribution in [3.8, 4) is 5.75 Å². The topological polar surface area (TPSA) is 66.8 Å². The lowest BCUT2D eigenvalue weighted by molar-refractivity contribution is -0.137. The van der Waals surface area contributed by atoms with Crippen LogP contribution < -0.4 is 4.74 Å². The van der Waals surface area contributed by atoms with Gasteiger partial charge in [-0.3, -0.25) is 4.90 Å². The van der Waals surface area contributed by atoms with Crippen LogP contribution in [0.5, 0.6) is 5.75 Å². The van der Waals surface area contributed by atoms with E-state index in [2.05, 4.69) is 0 Å². The van der Waals surface area contributed by atoms with E-state index in [0.717, 1.165) is 30.0 Å². The Bertz CT molecular complexity index is 1310. The maximum Gasteiger partial charge on any atom is 0.416 e. The van der Waals surface area contributed by atoms with Crippen LogP contribution in [0.2, 0.25) is 0 Å². The number of benzene rings is 3. The molecule has 0 aromatic heterocycles. The monoisotopic (exact) mass is 553 g/mol. The Morgan fingerprint density at radius 3 is 2.37 bits per heavy atom. The highest BCUT2D eigenvalue weighted by atomic mass is 32.2. The van der Waals surface area contributed by atoms with Crippen LogP contribution in [0.1, 0.15) is 41.5 Å². The first-order valence-electron chi connectivity index (χ1n) is 12.1. The lowest BCUT2D eigenvalue weighted by atomic mass is 10.00. The number of alkyl halides is 3. The number of halogens is 4. The summed E-state index contributed by atoms with van der Waals surface area (Å²) in [4.78, 5) is 1.70. The number of aliphatic hydroxyl groups is 1. The molecule has 0 aliphatic heterocycles. The van der Waals surface area contributed by atoms with E-state index in [9.17, 15) is 31.1 Å². The van der Waals surface area contributed by atoms with E-state index in [1.807, 2.05) is 42.2 Å². The Morgan fingerprint density at radius 1 is 1.03 bits per heavy atom. The summed E-state index contributed by atoms with van der Waals surface area (Å²) in [6, 6.07) is 17.2. The second kappa shape index (κ2) is 12.7. The average molecular weight is 554 g/mol. The van der Waals surface area contributed by atoms with Crippen LogP contribution in [0.25, 0.3) is 0 Å². The van der Waals surface area contributed by atoms with Crippen molar-refractivity contribution in [3.05, 3.63) is 94.8 Å². The summed E-state index contributed by atoms with van der Waals surface area (Å²) in [5.41, 5.74) is 0.609. The molecule has 0 heterocycles. The molecule has 1 unspecified atom stereocenters. The number of rotatable bonds is 12. The Morgan fingerprint density at radius 2 is 1.74 bits per heavy atom. The molecular weight excluding hydrogens is 522 g/mol. The van der Waals surface area contributed by atoms with Gasteiger partial charge in [0.2, 0.25) is 0 Å². The lowest BCUT2D eigenvalue weighted by Gasteiger charge is -2.26. The average Bonchev–Trinajstić information content (AvgIpc) is 2.86. The second-order valence-electron chi connectivity index (χ2n) is 9.26. The number of aliphatic hydroxyl groups excluding tert-OH is 1. The third-order valence-corrected chi connectivity index (χ3v) is 7.30. The molecule has 0 saturated carbocycles. The molecule has 0 aliphatic rings. The summed E-state index contributed by atoms with van der Waals surface area (Å²) in [5, 5.41) is 9.35. The molecule has 3 rings (SSSR count). The normalized spacial score (nSPS) is 13.1. The summed E-state index contributed by atoms with van der Waals surface area (Å²) >= 11 is 0. The van der Waals surface area contributed by atoms with Crippen LogP contribution in [-0.2, 0) is 29.2 Å². The highest BCUT2D eigenvalue weighted by Gasteiger charge is 2.30. The van der Waals surface area contributed by atoms with Gasteiger partial charge in [-0.25, -0.2) is 12.8 Å². The zero-order valence-electron chi connectivity index (χ0n) is 21.2. The standard InChI is InChI=1S/C28H31F4NO4S/c1-20(22-9-4-3-5-10-22)17-33(18-21-8-6-11-23(14-21)28(30,31)32)12-7-13-37-24-15-26(29)25(19-34)27(16-24)38(2,35)36/h3-6,8-11,14-16,20,34H,7,12-13,17-19H2,1-2H3. The fraction of sp³-hybridized carbons (Fsp3) is 0.357. The van der Waals surface area contributed by atoms with Crippen LogP contribution in [-0.4, -0.2) is 44.4 Å². The number of nitrogens with zero attached hydrogens (tertiary/aromatic N) is 1. The number of sulfone groups is 1. The first-order chi connectivity index (χ1) is 17.9. The van der Waals surface area contributed by atoms with Gasteiger partial charge >= 0.3 is 6.18 Å². The molecule has 0 radical (unpaired) electrons. The van der Waals surface area contributed by atoms with Crippen molar-refractivity contribution in [2.24, 2.45) is 0 Å². The molecule has 0 saturated heterocycles. The predicted molar refractivity (Wildman–Crippen MR) is 137 cm³/mol. The van der Waals surface area contributed by atoms with Crippen molar-refractivity contribution in [1.29, 1.82) is 0 Å². The Balaban J connectivity index is 1.71. The Hall–Kier alpha value is -2.95. The molecule has 0 spiro atoms. The van der Waals surface area contributed by atoms with E-state index in [0.29, 0.717) is 31.6 Å². The van der Waals surface area contributed by atoms with Gasteiger partial charge in [0.1, 0.15) is 11.6 Å². The van der Waals surface area contributed by atoms with E-state index >= 15 is 0 Å². The molecule has 5 nitrogen and oxygen atoms in total. The van der Waals surface area contributed by atoms with E-state index in [4.69, 9.17) is 4.74 Å². The van der Waals surface area contributed by atoms with Crippen LogP contribution in [0.3, 0.4) is 0 Å². The van der Waals surface area contributed by atoms with E-state index in [1.54, 1.807) is 6.07 Å². The number of hydrogen-bond acceptors (Lipinski definition) is 5. The van der Waals surface area contributed by atoms with Gasteiger partial charge in [-0.2, -0.15) is 13.2 Å². The van der Waals surface area contributed by atoms with Crippen LogP contribution in [0, 0.1) is 5.82 Å². The predicted octanol–water partition coefficient (Wildman–Crippen LogP) is 5.82. The van der Waals surface area contributed by atoms with Crippen LogP contribution >= 0.6 is 0 Å². The minimum absolute atomic E-state index is 0.0159. The van der Waals surface area contributed by atoms with Gasteiger partial charge in [0.15, 0.2) is 9.84 Å². The van der Waals surface area contributed by atoms with Crippen molar-refractivity contribution in [1.82, 2.24) is 4.90 Å². The van der Waals surface area contributed by atoms with E-state index in [-0.39, 0.29) is 28.7 Å². The van der Waals surface area contributed by atoms with Gasteiger partial charge in [-0.05, 0) is 35.6 Å². The highest BCUT2D eigenvalue weighted by Crippen LogP contribution is 2.30. The molecular formula is C28H31F4NO4S. The summed E-state index contributed by atoms with van der Waals surface area (Å²) in [5.74, 6) is -0.754. The molecule has 3 aromatic rings. The van der Waals surface area contributed by atoms with Gasteiger partial charge in [0, 0.05) is 37.5 Å². The largest absolute Gasteiger partial charge is 0.493 e. The summed E-state index contributed by atoms with van der Waals surface area (Å²) in [6.45, 7) is 2.75. The smallest absolute Gasteiger partial charge is 0.416 e. The van der Waals surface area contributed by atoms with Crippen molar-refractivity contribution in [2.45, 2.75) is 43.5 Å². The van der Waals surface area contributed by atoms with Gasteiger partial charge in [0.05, 0.1) is 23.7 Å². The summed E-state index contributed by atoms with van der Waals surface area (Å²) in [6.07, 6.45) is -3.06. The lowest BCUT2D eigenvalue weighted by Crippen LogP contribution is -2.29. The minimum atomic E-state index is -4.43. The molecule has 3 aromatic carbocycles. The number of hydrogen-bond donors (Lipinski definition) is 1. The fourth-order valence-electron chi connectivity index (χ4n) is 4.25. The molecule has 1 atom stereocenters. The molecule has 0 amide bonds. The first kappa shape index (κ1) is 29.6. The molecule has 0 aliphatic carbocycles. The van der Waals surface area contributed by atoms with Crippen LogP contribution in [0.4, 0.5) is 17.6 Å². The van der Waals surface area contributed by atoms with Crippen molar-refractivity contribution < 1.29 is 35.8 Å². The fourth-order valence-corrected chi connectivity index (χ4v) is 5.19. The van der Waals surface area contributed by atoms with Gasteiger partial charge in [0.25, 0.3) is 0 Å². The summed E-state index contributed by atoms with van der Waals surface area (Å²) < 4.78 is 83.6. The quantitative estimate of drug-likeness (QED) is 0.226. The zero-order valence-corrected chi connectivity index (χ0v) is 22.0. The van der Waals surface area contributed by atoms with E-state index in [1.165, 1.54) is 12.1 Å². The molecule has 10 heteroatoms. The maximum atomic E-state index is 14.3. The molecule has 206 valence electrons. The number of ether oxygens (including phenoxy) is 1. The van der Waals surface area contributed by atoms with Crippen molar-refractivity contribution >= 4 is 9.84 Å². The maximum absolute atomic E-state index is 14.3. The molecule has 0 fully saturated rings. The minimum Gasteiger partial charge on any atom is -0.493 e. The molecule has 38 heavy (non-hydrogen) atoms.